The highest BCUT2D eigenvalue weighted by Crippen LogP contribution is 2.31. The molecule has 3 heteroatoms. The van der Waals surface area contributed by atoms with Crippen molar-refractivity contribution in [2.75, 3.05) is 0 Å². The van der Waals surface area contributed by atoms with Crippen molar-refractivity contribution in [2.24, 2.45) is 11.8 Å². The smallest absolute Gasteiger partial charge is 0.252 e. The van der Waals surface area contributed by atoms with Gasteiger partial charge in [-0.05, 0) is 36.0 Å². The molecule has 1 saturated carbocycles. The molecule has 0 bridgehead atoms. The van der Waals surface area contributed by atoms with Crippen LogP contribution in [0, 0.1) is 23.2 Å². The van der Waals surface area contributed by atoms with Crippen LogP contribution < -0.4 is 5.32 Å². The van der Waals surface area contributed by atoms with Gasteiger partial charge in [0.05, 0.1) is 11.6 Å². The highest BCUT2D eigenvalue weighted by Gasteiger charge is 2.29. The molecule has 1 aliphatic carbocycles. The molecule has 1 N–H and O–H groups in total. The molecule has 0 saturated heterocycles. The van der Waals surface area contributed by atoms with Gasteiger partial charge in [-0.1, -0.05) is 63.1 Å². The Kier molecular flexibility index (Phi) is 5.19. The minimum Gasteiger partial charge on any atom is -0.349 e. The second kappa shape index (κ2) is 7.53. The Morgan fingerprint density at radius 3 is 2.48 bits per heavy atom. The van der Waals surface area contributed by atoms with Gasteiger partial charge in [0, 0.05) is 17.2 Å². The number of benzene rings is 2. The Labute approximate surface area is 149 Å². The number of carbonyl (C=O) groups is 1. The van der Waals surface area contributed by atoms with Gasteiger partial charge in [-0.2, -0.15) is 5.26 Å². The Bertz CT molecular complexity index is 806. The first-order chi connectivity index (χ1) is 12.1. The van der Waals surface area contributed by atoms with E-state index in [0.717, 1.165) is 24.0 Å². The van der Waals surface area contributed by atoms with E-state index in [1.165, 1.54) is 6.42 Å². The summed E-state index contributed by atoms with van der Waals surface area (Å²) in [7, 11) is 0. The topological polar surface area (TPSA) is 52.9 Å². The van der Waals surface area contributed by atoms with Gasteiger partial charge in [-0.15, -0.1) is 0 Å². The summed E-state index contributed by atoms with van der Waals surface area (Å²) in [4.78, 5) is 13.0. The van der Waals surface area contributed by atoms with Crippen LogP contribution in [-0.2, 0) is 0 Å². The first-order valence-corrected chi connectivity index (χ1v) is 9.01. The summed E-state index contributed by atoms with van der Waals surface area (Å²) in [6.45, 7) is 4.49. The van der Waals surface area contributed by atoms with Gasteiger partial charge >= 0.3 is 0 Å². The van der Waals surface area contributed by atoms with Crippen LogP contribution in [0.1, 0.15) is 49.0 Å². The number of nitrogens with one attached hydrogen (secondary N) is 1. The second-order valence-corrected chi connectivity index (χ2v) is 7.05. The zero-order chi connectivity index (χ0) is 17.8. The van der Waals surface area contributed by atoms with Crippen LogP contribution in [0.5, 0.6) is 0 Å². The minimum absolute atomic E-state index is 0.0470. The quantitative estimate of drug-likeness (QED) is 0.879. The standard InChI is InChI=1S/C22H24N2O/c1-15-8-7-13-21(16(15)2)24-22(25)20-12-6-5-11-19(20)18-10-4-3-9-17(18)14-23/h3-6,9-12,15-16,21H,7-8,13H2,1-2H3,(H,24,25). The van der Waals surface area contributed by atoms with Crippen molar-refractivity contribution in [2.45, 2.75) is 39.2 Å². The van der Waals surface area contributed by atoms with Crippen molar-refractivity contribution in [3.63, 3.8) is 0 Å². The number of hydrogen-bond acceptors (Lipinski definition) is 2. The van der Waals surface area contributed by atoms with Crippen molar-refractivity contribution in [1.29, 1.82) is 5.26 Å². The van der Waals surface area contributed by atoms with E-state index in [-0.39, 0.29) is 11.9 Å². The molecular formula is C22H24N2O. The van der Waals surface area contributed by atoms with Crippen molar-refractivity contribution < 1.29 is 4.79 Å². The third-order valence-corrected chi connectivity index (χ3v) is 5.53. The average molecular weight is 332 g/mol. The molecular weight excluding hydrogens is 308 g/mol. The van der Waals surface area contributed by atoms with E-state index in [2.05, 4.69) is 25.2 Å². The third kappa shape index (κ3) is 3.58. The molecule has 2 aromatic rings. The van der Waals surface area contributed by atoms with Crippen LogP contribution in [0.4, 0.5) is 0 Å². The lowest BCUT2D eigenvalue weighted by atomic mass is 9.78. The van der Waals surface area contributed by atoms with Crippen molar-refractivity contribution >= 4 is 5.91 Å². The molecule has 1 amide bonds. The summed E-state index contributed by atoms with van der Waals surface area (Å²) in [6, 6.07) is 17.4. The van der Waals surface area contributed by atoms with Crippen molar-refractivity contribution in [1.82, 2.24) is 5.32 Å². The average Bonchev–Trinajstić information content (AvgIpc) is 2.65. The molecule has 1 aliphatic rings. The van der Waals surface area contributed by atoms with Gasteiger partial charge in [0.25, 0.3) is 5.91 Å². The van der Waals surface area contributed by atoms with Crippen LogP contribution in [0.25, 0.3) is 11.1 Å². The fraction of sp³-hybridized carbons (Fsp3) is 0.364. The number of nitrogens with zero attached hydrogens (tertiary/aromatic N) is 1. The van der Waals surface area contributed by atoms with Gasteiger partial charge in [0.1, 0.15) is 0 Å². The van der Waals surface area contributed by atoms with Crippen LogP contribution >= 0.6 is 0 Å². The predicted octanol–water partition coefficient (Wildman–Crippen LogP) is 4.78. The molecule has 0 aromatic heterocycles. The molecule has 0 radical (unpaired) electrons. The van der Waals surface area contributed by atoms with E-state index in [1.54, 1.807) is 6.07 Å². The molecule has 0 spiro atoms. The predicted molar refractivity (Wildman–Crippen MR) is 100 cm³/mol. The lowest BCUT2D eigenvalue weighted by Crippen LogP contribution is -2.43. The zero-order valence-corrected chi connectivity index (χ0v) is 14.8. The largest absolute Gasteiger partial charge is 0.349 e. The number of amides is 1. The normalized spacial score (nSPS) is 22.8. The van der Waals surface area contributed by atoms with E-state index in [1.807, 2.05) is 42.5 Å². The Morgan fingerprint density at radius 2 is 1.72 bits per heavy atom. The summed E-state index contributed by atoms with van der Waals surface area (Å²) in [5.41, 5.74) is 2.84. The number of hydrogen-bond donors (Lipinski definition) is 1. The first kappa shape index (κ1) is 17.2. The summed E-state index contributed by atoms with van der Waals surface area (Å²) >= 11 is 0. The summed E-state index contributed by atoms with van der Waals surface area (Å²) < 4.78 is 0. The molecule has 3 nitrogen and oxygen atoms in total. The van der Waals surface area contributed by atoms with Gasteiger partial charge in [-0.3, -0.25) is 4.79 Å². The molecule has 0 heterocycles. The fourth-order valence-corrected chi connectivity index (χ4v) is 3.76. The molecule has 2 aromatic carbocycles. The summed E-state index contributed by atoms with van der Waals surface area (Å²) in [6.07, 6.45) is 3.43. The maximum Gasteiger partial charge on any atom is 0.252 e. The summed E-state index contributed by atoms with van der Waals surface area (Å²) in [5.74, 6) is 1.07. The van der Waals surface area contributed by atoms with E-state index in [0.29, 0.717) is 23.0 Å². The first-order valence-electron chi connectivity index (χ1n) is 9.01. The zero-order valence-electron chi connectivity index (χ0n) is 14.8. The van der Waals surface area contributed by atoms with Crippen molar-refractivity contribution in [3.8, 4) is 17.2 Å². The third-order valence-electron chi connectivity index (χ3n) is 5.53. The van der Waals surface area contributed by atoms with Crippen LogP contribution in [-0.4, -0.2) is 11.9 Å². The monoisotopic (exact) mass is 332 g/mol. The molecule has 0 aliphatic heterocycles. The van der Waals surface area contributed by atoms with Gasteiger partial charge in [0.2, 0.25) is 0 Å². The van der Waals surface area contributed by atoms with Gasteiger partial charge in [0.15, 0.2) is 0 Å². The molecule has 1 fully saturated rings. The second-order valence-electron chi connectivity index (χ2n) is 7.05. The maximum atomic E-state index is 13.0. The highest BCUT2D eigenvalue weighted by atomic mass is 16.1. The molecule has 3 unspecified atom stereocenters. The number of nitriles is 1. The SMILES string of the molecule is CC1CCCC(NC(=O)c2ccccc2-c2ccccc2C#N)C1C. The Balaban J connectivity index is 1.91. The molecule has 3 atom stereocenters. The summed E-state index contributed by atoms with van der Waals surface area (Å²) in [5, 5.41) is 12.6. The molecule has 25 heavy (non-hydrogen) atoms. The maximum absolute atomic E-state index is 13.0. The fourth-order valence-electron chi connectivity index (χ4n) is 3.76. The van der Waals surface area contributed by atoms with E-state index in [4.69, 9.17) is 0 Å². The lowest BCUT2D eigenvalue weighted by molar-refractivity contribution is 0.0891. The van der Waals surface area contributed by atoms with Crippen LogP contribution in [0.3, 0.4) is 0 Å². The van der Waals surface area contributed by atoms with Crippen LogP contribution in [0.15, 0.2) is 48.5 Å². The molecule has 128 valence electrons. The number of rotatable bonds is 3. The Morgan fingerprint density at radius 1 is 1.04 bits per heavy atom. The minimum atomic E-state index is -0.0470. The number of carbonyl (C=O) groups excluding carboxylic acids is 1. The Hall–Kier alpha value is -2.60. The van der Waals surface area contributed by atoms with Crippen LogP contribution in [0.2, 0.25) is 0 Å². The van der Waals surface area contributed by atoms with E-state index in [9.17, 15) is 10.1 Å². The van der Waals surface area contributed by atoms with E-state index >= 15 is 0 Å². The van der Waals surface area contributed by atoms with Gasteiger partial charge in [-0.25, -0.2) is 0 Å². The highest BCUT2D eigenvalue weighted by molar-refractivity contribution is 6.01. The van der Waals surface area contributed by atoms with Gasteiger partial charge < -0.3 is 5.32 Å². The molecule has 3 rings (SSSR count). The van der Waals surface area contributed by atoms with Crippen molar-refractivity contribution in [3.05, 3.63) is 59.7 Å². The van der Waals surface area contributed by atoms with E-state index < -0.39 is 0 Å². The lowest BCUT2D eigenvalue weighted by Gasteiger charge is -2.34.